The predicted octanol–water partition coefficient (Wildman–Crippen LogP) is 3.43. The summed E-state index contributed by atoms with van der Waals surface area (Å²) in [6.45, 7) is 5.58. The number of benzene rings is 2. The molecule has 1 atom stereocenters. The number of rotatable bonds is 5. The first kappa shape index (κ1) is 15.6. The molecule has 1 heterocycles. The van der Waals surface area contributed by atoms with Crippen LogP contribution >= 0.6 is 0 Å². The van der Waals surface area contributed by atoms with Gasteiger partial charge in [0.2, 0.25) is 6.79 Å². The molecule has 0 N–H and O–H groups in total. The Balaban J connectivity index is 2.01. The normalized spacial score (nSPS) is 15.9. The van der Waals surface area contributed by atoms with E-state index in [9.17, 15) is 8.42 Å². The Hall–Kier alpha value is -2.27. The molecule has 2 aromatic carbocycles. The van der Waals surface area contributed by atoms with Crippen molar-refractivity contribution >= 4 is 9.84 Å². The third-order valence-electron chi connectivity index (χ3n) is 4.18. The van der Waals surface area contributed by atoms with E-state index >= 15 is 0 Å². The van der Waals surface area contributed by atoms with E-state index in [-0.39, 0.29) is 12.5 Å². The molecular formula is C18H18O4S. The number of sulfone groups is 1. The topological polar surface area (TPSA) is 52.6 Å². The zero-order chi connectivity index (χ0) is 16.5. The standard InChI is InChI=1S/C18H18O4S/c1-3-18(2,15-9-10-16-17(11-15)22-13-21-16)23(19,20)12-14-7-5-4-6-8-14/h3-11H,1,12-13H2,2H3/t18-/m0/s1. The lowest BCUT2D eigenvalue weighted by atomic mass is 10.00. The van der Waals surface area contributed by atoms with Crippen molar-refractivity contribution in [3.05, 3.63) is 72.3 Å². The molecule has 120 valence electrons. The largest absolute Gasteiger partial charge is 0.454 e. The van der Waals surface area contributed by atoms with Crippen LogP contribution < -0.4 is 9.47 Å². The van der Waals surface area contributed by atoms with Gasteiger partial charge >= 0.3 is 0 Å². The average molecular weight is 330 g/mol. The van der Waals surface area contributed by atoms with Crippen LogP contribution in [0.25, 0.3) is 0 Å². The Morgan fingerprint density at radius 1 is 1.13 bits per heavy atom. The van der Waals surface area contributed by atoms with E-state index in [0.717, 1.165) is 5.56 Å². The van der Waals surface area contributed by atoms with Crippen LogP contribution in [0, 0.1) is 0 Å². The fourth-order valence-electron chi connectivity index (χ4n) is 2.57. The zero-order valence-corrected chi connectivity index (χ0v) is 13.7. The highest BCUT2D eigenvalue weighted by atomic mass is 32.2. The van der Waals surface area contributed by atoms with Gasteiger partial charge in [0.25, 0.3) is 0 Å². The summed E-state index contributed by atoms with van der Waals surface area (Å²) in [5, 5.41) is 0. The van der Waals surface area contributed by atoms with Gasteiger partial charge < -0.3 is 9.47 Å². The van der Waals surface area contributed by atoms with Crippen LogP contribution in [-0.4, -0.2) is 15.2 Å². The van der Waals surface area contributed by atoms with Crippen molar-refractivity contribution in [2.75, 3.05) is 6.79 Å². The molecule has 23 heavy (non-hydrogen) atoms. The van der Waals surface area contributed by atoms with Crippen LogP contribution in [0.3, 0.4) is 0 Å². The number of hydrogen-bond donors (Lipinski definition) is 0. The van der Waals surface area contributed by atoms with Crippen LogP contribution in [0.1, 0.15) is 18.1 Å². The number of ether oxygens (including phenoxy) is 2. The molecule has 0 fully saturated rings. The van der Waals surface area contributed by atoms with Crippen molar-refractivity contribution in [3.8, 4) is 11.5 Å². The molecule has 0 aromatic heterocycles. The van der Waals surface area contributed by atoms with Gasteiger partial charge in [-0.1, -0.05) is 42.5 Å². The molecule has 0 spiro atoms. The minimum Gasteiger partial charge on any atom is -0.454 e. The minimum atomic E-state index is -3.51. The fraction of sp³-hybridized carbons (Fsp3) is 0.222. The highest BCUT2D eigenvalue weighted by Gasteiger charge is 2.38. The number of hydrogen-bond acceptors (Lipinski definition) is 4. The molecule has 0 bridgehead atoms. The van der Waals surface area contributed by atoms with Crippen molar-refractivity contribution in [3.63, 3.8) is 0 Å². The monoisotopic (exact) mass is 330 g/mol. The quantitative estimate of drug-likeness (QED) is 0.788. The Kier molecular flexibility index (Phi) is 3.90. The molecule has 0 amide bonds. The lowest BCUT2D eigenvalue weighted by molar-refractivity contribution is 0.174. The Labute approximate surface area is 136 Å². The summed E-state index contributed by atoms with van der Waals surface area (Å²) in [6, 6.07) is 14.3. The van der Waals surface area contributed by atoms with Gasteiger partial charge in [0, 0.05) is 0 Å². The van der Waals surface area contributed by atoms with Crippen LogP contribution in [-0.2, 0) is 20.3 Å². The second-order valence-corrected chi connectivity index (χ2v) is 7.99. The van der Waals surface area contributed by atoms with E-state index in [2.05, 4.69) is 6.58 Å². The Morgan fingerprint density at radius 3 is 2.52 bits per heavy atom. The third kappa shape index (κ3) is 2.72. The van der Waals surface area contributed by atoms with Gasteiger partial charge in [-0.25, -0.2) is 8.42 Å². The highest BCUT2D eigenvalue weighted by molar-refractivity contribution is 7.91. The fourth-order valence-corrected chi connectivity index (χ4v) is 4.24. The van der Waals surface area contributed by atoms with Crippen LogP contribution in [0.2, 0.25) is 0 Å². The van der Waals surface area contributed by atoms with Gasteiger partial charge in [0.15, 0.2) is 21.3 Å². The third-order valence-corrected chi connectivity index (χ3v) is 6.59. The summed E-state index contributed by atoms with van der Waals surface area (Å²) >= 11 is 0. The van der Waals surface area contributed by atoms with E-state index < -0.39 is 14.6 Å². The van der Waals surface area contributed by atoms with E-state index in [1.54, 1.807) is 37.3 Å². The molecular weight excluding hydrogens is 312 g/mol. The minimum absolute atomic E-state index is 0.0508. The van der Waals surface area contributed by atoms with E-state index in [4.69, 9.17) is 9.47 Å². The number of fused-ring (bicyclic) bond motifs is 1. The summed E-state index contributed by atoms with van der Waals surface area (Å²) in [4.78, 5) is 0. The molecule has 2 aromatic rings. The maximum atomic E-state index is 13.0. The maximum Gasteiger partial charge on any atom is 0.231 e. The predicted molar refractivity (Wildman–Crippen MR) is 89.2 cm³/mol. The molecule has 0 aliphatic carbocycles. The van der Waals surface area contributed by atoms with Crippen LogP contribution in [0.15, 0.2) is 61.2 Å². The molecule has 0 saturated heterocycles. The van der Waals surface area contributed by atoms with Crippen molar-refractivity contribution in [2.24, 2.45) is 0 Å². The van der Waals surface area contributed by atoms with E-state index in [0.29, 0.717) is 17.1 Å². The highest BCUT2D eigenvalue weighted by Crippen LogP contribution is 2.40. The van der Waals surface area contributed by atoms with Gasteiger partial charge in [-0.2, -0.15) is 0 Å². The summed E-state index contributed by atoms with van der Waals surface area (Å²) < 4.78 is 35.5. The second-order valence-electron chi connectivity index (χ2n) is 5.62. The molecule has 3 rings (SSSR count). The summed E-state index contributed by atoms with van der Waals surface area (Å²) in [7, 11) is -3.51. The van der Waals surface area contributed by atoms with Crippen molar-refractivity contribution in [1.29, 1.82) is 0 Å². The van der Waals surface area contributed by atoms with E-state index in [1.807, 2.05) is 18.2 Å². The van der Waals surface area contributed by atoms with Crippen molar-refractivity contribution in [2.45, 2.75) is 17.4 Å². The zero-order valence-electron chi connectivity index (χ0n) is 12.9. The first-order chi connectivity index (χ1) is 11.0. The van der Waals surface area contributed by atoms with Crippen LogP contribution in [0.4, 0.5) is 0 Å². The first-order valence-corrected chi connectivity index (χ1v) is 8.91. The molecule has 0 saturated carbocycles. The first-order valence-electron chi connectivity index (χ1n) is 7.26. The summed E-state index contributed by atoms with van der Waals surface area (Å²) in [5.74, 6) is 1.14. The molecule has 4 nitrogen and oxygen atoms in total. The van der Waals surface area contributed by atoms with Gasteiger partial charge in [0.1, 0.15) is 4.75 Å². The molecule has 1 aliphatic rings. The maximum absolute atomic E-state index is 13.0. The summed E-state index contributed by atoms with van der Waals surface area (Å²) in [5.41, 5.74) is 1.37. The SMILES string of the molecule is C=C[C@@](C)(c1ccc2c(c1)OCO2)S(=O)(=O)Cc1ccccc1. The van der Waals surface area contributed by atoms with Gasteiger partial charge in [-0.3, -0.25) is 0 Å². The average Bonchev–Trinajstić information content (AvgIpc) is 3.02. The molecule has 0 radical (unpaired) electrons. The summed E-state index contributed by atoms with van der Waals surface area (Å²) in [6.07, 6.45) is 1.48. The van der Waals surface area contributed by atoms with Gasteiger partial charge in [-0.05, 0) is 30.2 Å². The van der Waals surface area contributed by atoms with Crippen molar-refractivity contribution < 1.29 is 17.9 Å². The van der Waals surface area contributed by atoms with Crippen LogP contribution in [0.5, 0.6) is 11.5 Å². The molecule has 1 aliphatic heterocycles. The smallest absolute Gasteiger partial charge is 0.231 e. The molecule has 5 heteroatoms. The Morgan fingerprint density at radius 2 is 1.83 bits per heavy atom. The Bertz CT molecular complexity index is 827. The van der Waals surface area contributed by atoms with Gasteiger partial charge in [-0.15, -0.1) is 6.58 Å². The lowest BCUT2D eigenvalue weighted by Gasteiger charge is -2.26. The second kappa shape index (κ2) is 5.74. The van der Waals surface area contributed by atoms with Gasteiger partial charge in [0.05, 0.1) is 5.75 Å². The van der Waals surface area contributed by atoms with Crippen molar-refractivity contribution in [1.82, 2.24) is 0 Å². The van der Waals surface area contributed by atoms with E-state index in [1.165, 1.54) is 6.08 Å². The lowest BCUT2D eigenvalue weighted by Crippen LogP contribution is -2.31. The molecule has 0 unspecified atom stereocenters.